The molecule has 1 amide bonds. The molecule has 2 fully saturated rings. The van der Waals surface area contributed by atoms with Crippen LogP contribution in [0.1, 0.15) is 48.9 Å². The Balaban J connectivity index is 1.51. The van der Waals surface area contributed by atoms with Gasteiger partial charge in [0.25, 0.3) is 5.91 Å². The maximum Gasteiger partial charge on any atom is 0.252 e. The number of hydrogen-bond acceptors (Lipinski definition) is 4. The smallest absolute Gasteiger partial charge is 0.252 e. The Labute approximate surface area is 131 Å². The molecule has 1 aliphatic heterocycles. The van der Waals surface area contributed by atoms with Gasteiger partial charge in [-0.1, -0.05) is 12.8 Å². The molecule has 5 heteroatoms. The second-order valence-corrected chi connectivity index (χ2v) is 6.42. The number of nitrogens with one attached hydrogen (secondary N) is 1. The fourth-order valence-corrected chi connectivity index (χ4v) is 3.46. The molecule has 1 aliphatic carbocycles. The standard InChI is InChI=1S/C17H25N3O2/c21-15(13-5-1-2-6-13)12-19-17(22)14-7-8-16(18-11-14)20-9-3-4-10-20/h7-8,11,13,15,21H,1-6,9-10,12H2,(H,19,22). The summed E-state index contributed by atoms with van der Waals surface area (Å²) in [4.78, 5) is 18.8. The largest absolute Gasteiger partial charge is 0.391 e. The molecule has 0 spiro atoms. The van der Waals surface area contributed by atoms with E-state index in [2.05, 4.69) is 15.2 Å². The highest BCUT2D eigenvalue weighted by atomic mass is 16.3. The van der Waals surface area contributed by atoms with Gasteiger partial charge in [0.15, 0.2) is 0 Å². The van der Waals surface area contributed by atoms with Crippen molar-refractivity contribution in [2.75, 3.05) is 24.5 Å². The average molecular weight is 303 g/mol. The fraction of sp³-hybridized carbons (Fsp3) is 0.647. The lowest BCUT2D eigenvalue weighted by Crippen LogP contribution is -2.35. The van der Waals surface area contributed by atoms with E-state index >= 15 is 0 Å². The van der Waals surface area contributed by atoms with Crippen molar-refractivity contribution in [3.05, 3.63) is 23.9 Å². The van der Waals surface area contributed by atoms with Gasteiger partial charge in [0.2, 0.25) is 0 Å². The minimum Gasteiger partial charge on any atom is -0.391 e. The molecule has 0 radical (unpaired) electrons. The maximum absolute atomic E-state index is 12.1. The first-order chi connectivity index (χ1) is 10.7. The monoisotopic (exact) mass is 303 g/mol. The highest BCUT2D eigenvalue weighted by Gasteiger charge is 2.23. The fourth-order valence-electron chi connectivity index (χ4n) is 3.46. The maximum atomic E-state index is 12.1. The van der Waals surface area contributed by atoms with Crippen LogP contribution in [0.5, 0.6) is 0 Å². The van der Waals surface area contributed by atoms with Crippen molar-refractivity contribution in [1.29, 1.82) is 0 Å². The molecule has 5 nitrogen and oxygen atoms in total. The van der Waals surface area contributed by atoms with Crippen molar-refractivity contribution >= 4 is 11.7 Å². The number of hydrogen-bond donors (Lipinski definition) is 2. The predicted octanol–water partition coefficient (Wildman–Crippen LogP) is 1.96. The molecule has 2 N–H and O–H groups in total. The van der Waals surface area contributed by atoms with Crippen LogP contribution in [0.25, 0.3) is 0 Å². The van der Waals surface area contributed by atoms with E-state index in [4.69, 9.17) is 0 Å². The molecule has 1 aromatic rings. The summed E-state index contributed by atoms with van der Waals surface area (Å²) < 4.78 is 0. The van der Waals surface area contributed by atoms with Crippen molar-refractivity contribution in [1.82, 2.24) is 10.3 Å². The Morgan fingerprint density at radius 1 is 1.27 bits per heavy atom. The van der Waals surface area contributed by atoms with Gasteiger partial charge in [-0.25, -0.2) is 4.98 Å². The van der Waals surface area contributed by atoms with Crippen LogP contribution in [0.4, 0.5) is 5.82 Å². The third-order valence-electron chi connectivity index (χ3n) is 4.86. The number of carbonyl (C=O) groups is 1. The van der Waals surface area contributed by atoms with E-state index in [1.165, 1.54) is 25.7 Å². The molecule has 2 aliphatic rings. The number of rotatable bonds is 5. The van der Waals surface area contributed by atoms with E-state index in [0.29, 0.717) is 18.0 Å². The number of carbonyl (C=O) groups excluding carboxylic acids is 1. The molecule has 120 valence electrons. The number of aliphatic hydroxyl groups excluding tert-OH is 1. The summed E-state index contributed by atoms with van der Waals surface area (Å²) in [7, 11) is 0. The molecule has 1 unspecified atom stereocenters. The molecule has 1 atom stereocenters. The van der Waals surface area contributed by atoms with Crippen LogP contribution in [-0.4, -0.2) is 41.7 Å². The van der Waals surface area contributed by atoms with Crippen LogP contribution in [0.2, 0.25) is 0 Å². The Kier molecular flexibility index (Phi) is 4.93. The highest BCUT2D eigenvalue weighted by molar-refractivity contribution is 5.94. The molecule has 3 rings (SSSR count). The van der Waals surface area contributed by atoms with E-state index in [1.807, 2.05) is 12.1 Å². The predicted molar refractivity (Wildman–Crippen MR) is 86.0 cm³/mol. The molecule has 1 saturated heterocycles. The number of aliphatic hydroxyl groups is 1. The topological polar surface area (TPSA) is 65.5 Å². The summed E-state index contributed by atoms with van der Waals surface area (Å²) in [5.74, 6) is 1.13. The minimum absolute atomic E-state index is 0.155. The average Bonchev–Trinajstić information content (AvgIpc) is 3.25. The van der Waals surface area contributed by atoms with Crippen molar-refractivity contribution in [2.45, 2.75) is 44.6 Å². The van der Waals surface area contributed by atoms with Crippen molar-refractivity contribution in [2.24, 2.45) is 5.92 Å². The van der Waals surface area contributed by atoms with E-state index in [-0.39, 0.29) is 5.91 Å². The zero-order chi connectivity index (χ0) is 15.4. The van der Waals surface area contributed by atoms with Gasteiger partial charge < -0.3 is 15.3 Å². The molecular formula is C17H25N3O2. The van der Waals surface area contributed by atoms with Crippen molar-refractivity contribution in [3.63, 3.8) is 0 Å². The molecule has 22 heavy (non-hydrogen) atoms. The number of anilines is 1. The van der Waals surface area contributed by atoms with Gasteiger partial charge >= 0.3 is 0 Å². The molecule has 0 aromatic carbocycles. The number of nitrogens with zero attached hydrogens (tertiary/aromatic N) is 2. The van der Waals surface area contributed by atoms with Crippen molar-refractivity contribution in [3.8, 4) is 0 Å². The highest BCUT2D eigenvalue weighted by Crippen LogP contribution is 2.27. The molecule has 1 aromatic heterocycles. The molecule has 0 bridgehead atoms. The Bertz CT molecular complexity index is 491. The zero-order valence-electron chi connectivity index (χ0n) is 13.0. The Morgan fingerprint density at radius 3 is 2.64 bits per heavy atom. The van der Waals surface area contributed by atoms with E-state index in [0.717, 1.165) is 31.7 Å². The number of pyridine rings is 1. The molecule has 2 heterocycles. The van der Waals surface area contributed by atoms with E-state index < -0.39 is 6.10 Å². The van der Waals surface area contributed by atoms with Gasteiger partial charge in [-0.3, -0.25) is 4.79 Å². The zero-order valence-corrected chi connectivity index (χ0v) is 13.0. The van der Waals surface area contributed by atoms with Gasteiger partial charge in [-0.05, 0) is 43.7 Å². The summed E-state index contributed by atoms with van der Waals surface area (Å²) >= 11 is 0. The first-order valence-electron chi connectivity index (χ1n) is 8.41. The van der Waals surface area contributed by atoms with Gasteiger partial charge in [0, 0.05) is 25.8 Å². The van der Waals surface area contributed by atoms with E-state index in [1.54, 1.807) is 6.20 Å². The summed E-state index contributed by atoms with van der Waals surface area (Å²) in [5.41, 5.74) is 0.557. The molecule has 1 saturated carbocycles. The lowest BCUT2D eigenvalue weighted by Gasteiger charge is -2.18. The number of aromatic nitrogens is 1. The summed E-state index contributed by atoms with van der Waals surface area (Å²) in [6.45, 7) is 2.43. The Hall–Kier alpha value is -1.62. The second kappa shape index (κ2) is 7.09. The molecular weight excluding hydrogens is 278 g/mol. The lowest BCUT2D eigenvalue weighted by molar-refractivity contribution is 0.0840. The van der Waals surface area contributed by atoms with Gasteiger partial charge in [0.05, 0.1) is 11.7 Å². The van der Waals surface area contributed by atoms with Gasteiger partial charge in [-0.2, -0.15) is 0 Å². The third kappa shape index (κ3) is 3.58. The van der Waals surface area contributed by atoms with Crippen molar-refractivity contribution < 1.29 is 9.90 Å². The lowest BCUT2D eigenvalue weighted by atomic mass is 10.0. The van der Waals surface area contributed by atoms with Crippen LogP contribution in [-0.2, 0) is 0 Å². The van der Waals surface area contributed by atoms with Gasteiger partial charge in [-0.15, -0.1) is 0 Å². The van der Waals surface area contributed by atoms with Gasteiger partial charge in [0.1, 0.15) is 5.82 Å². The van der Waals surface area contributed by atoms with E-state index in [9.17, 15) is 9.90 Å². The quantitative estimate of drug-likeness (QED) is 0.873. The summed E-state index contributed by atoms with van der Waals surface area (Å²) in [6, 6.07) is 3.73. The van der Waals surface area contributed by atoms with Crippen LogP contribution in [0.15, 0.2) is 18.3 Å². The van der Waals surface area contributed by atoms with Crippen LogP contribution in [0.3, 0.4) is 0 Å². The summed E-state index contributed by atoms with van der Waals surface area (Å²) in [6.07, 6.45) is 8.15. The van der Waals surface area contributed by atoms with Crippen LogP contribution in [0, 0.1) is 5.92 Å². The Morgan fingerprint density at radius 2 is 2.00 bits per heavy atom. The second-order valence-electron chi connectivity index (χ2n) is 6.42. The minimum atomic E-state index is -0.428. The summed E-state index contributed by atoms with van der Waals surface area (Å²) in [5, 5.41) is 12.9. The third-order valence-corrected chi connectivity index (χ3v) is 4.86. The van der Waals surface area contributed by atoms with Crippen LogP contribution >= 0.6 is 0 Å². The number of amides is 1. The van der Waals surface area contributed by atoms with Crippen LogP contribution < -0.4 is 10.2 Å². The first-order valence-corrected chi connectivity index (χ1v) is 8.41. The SMILES string of the molecule is O=C(NCC(O)C1CCCC1)c1ccc(N2CCCC2)nc1. The first kappa shape index (κ1) is 15.3. The normalized spacial score (nSPS) is 20.3.